The smallest absolute Gasteiger partial charge is 0.309 e. The lowest BCUT2D eigenvalue weighted by Gasteiger charge is -2.03. The molecular formula is C8H12N2O5S2. The zero-order valence-corrected chi connectivity index (χ0v) is 10.7. The van der Waals surface area contributed by atoms with Crippen LogP contribution >= 0.6 is 11.3 Å². The van der Waals surface area contributed by atoms with Crippen LogP contribution in [0.1, 0.15) is 5.69 Å². The Bertz CT molecular complexity index is 482. The molecule has 1 aromatic rings. The van der Waals surface area contributed by atoms with Gasteiger partial charge in [-0.25, -0.2) is 13.4 Å². The molecule has 0 saturated heterocycles. The minimum absolute atomic E-state index is 0.0860. The molecule has 0 amide bonds. The van der Waals surface area contributed by atoms with E-state index in [0.717, 1.165) is 11.3 Å². The van der Waals surface area contributed by atoms with Crippen LogP contribution in [0.5, 0.6) is 0 Å². The first-order valence-corrected chi connectivity index (χ1v) is 7.12. The maximum atomic E-state index is 11.4. The summed E-state index contributed by atoms with van der Waals surface area (Å²) in [5, 5.41) is 10.2. The molecule has 0 atom stereocenters. The van der Waals surface area contributed by atoms with E-state index >= 15 is 0 Å². The molecule has 0 spiro atoms. The van der Waals surface area contributed by atoms with Gasteiger partial charge in [0.15, 0.2) is 5.13 Å². The van der Waals surface area contributed by atoms with Crippen molar-refractivity contribution in [1.29, 1.82) is 0 Å². The summed E-state index contributed by atoms with van der Waals surface area (Å²) in [7, 11) is -2.08. The van der Waals surface area contributed by atoms with Gasteiger partial charge in [0.2, 0.25) is 10.0 Å². The molecule has 0 aliphatic rings. The Kier molecular flexibility index (Phi) is 4.85. The summed E-state index contributed by atoms with van der Waals surface area (Å²) in [5.41, 5.74) is 0.326. The standard InChI is InChI=1S/C8H12N2O5S2/c1-15-2-3-17(13,14)10-8-9-6(5-16-8)4-7(11)12/h5H,2-4H2,1H3,(H,9,10)(H,11,12). The average Bonchev–Trinajstić information content (AvgIpc) is 2.60. The first kappa shape index (κ1) is 13.9. The van der Waals surface area contributed by atoms with Crippen LogP contribution in [0.25, 0.3) is 0 Å². The highest BCUT2D eigenvalue weighted by Gasteiger charge is 2.13. The van der Waals surface area contributed by atoms with Crippen LogP contribution in [0.15, 0.2) is 5.38 Å². The zero-order valence-electron chi connectivity index (χ0n) is 9.04. The normalized spacial score (nSPS) is 11.4. The SMILES string of the molecule is COCCS(=O)(=O)Nc1nc(CC(=O)O)cs1. The molecular weight excluding hydrogens is 268 g/mol. The highest BCUT2D eigenvalue weighted by molar-refractivity contribution is 7.92. The van der Waals surface area contributed by atoms with E-state index in [1.807, 2.05) is 0 Å². The molecule has 7 nitrogen and oxygen atoms in total. The van der Waals surface area contributed by atoms with Crippen LogP contribution in [-0.2, 0) is 26.0 Å². The third-order valence-corrected chi connectivity index (χ3v) is 3.83. The Morgan fingerprint density at radius 1 is 1.65 bits per heavy atom. The van der Waals surface area contributed by atoms with E-state index in [9.17, 15) is 13.2 Å². The van der Waals surface area contributed by atoms with Crippen LogP contribution in [-0.4, -0.2) is 43.9 Å². The zero-order chi connectivity index (χ0) is 12.9. The molecule has 0 aliphatic heterocycles. The highest BCUT2D eigenvalue weighted by Crippen LogP contribution is 2.17. The van der Waals surface area contributed by atoms with Gasteiger partial charge in [-0.05, 0) is 0 Å². The second-order valence-electron chi connectivity index (χ2n) is 3.13. The quantitative estimate of drug-likeness (QED) is 0.737. The van der Waals surface area contributed by atoms with E-state index in [4.69, 9.17) is 5.11 Å². The number of methoxy groups -OCH3 is 1. The molecule has 2 N–H and O–H groups in total. The van der Waals surface area contributed by atoms with Crippen molar-refractivity contribution in [2.24, 2.45) is 0 Å². The number of carboxylic acids is 1. The van der Waals surface area contributed by atoms with Crippen molar-refractivity contribution in [3.8, 4) is 0 Å². The van der Waals surface area contributed by atoms with E-state index in [-0.39, 0.29) is 23.9 Å². The number of thiazole rings is 1. The summed E-state index contributed by atoms with van der Waals surface area (Å²) in [6, 6.07) is 0. The van der Waals surface area contributed by atoms with Crippen LogP contribution in [0.4, 0.5) is 5.13 Å². The van der Waals surface area contributed by atoms with Gasteiger partial charge in [0, 0.05) is 12.5 Å². The molecule has 0 saturated carbocycles. The predicted octanol–water partition coefficient (Wildman–Crippen LogP) is 0.158. The van der Waals surface area contributed by atoms with Crippen molar-refractivity contribution < 1.29 is 23.1 Å². The van der Waals surface area contributed by atoms with Gasteiger partial charge in [-0.1, -0.05) is 0 Å². The summed E-state index contributed by atoms with van der Waals surface area (Å²) >= 11 is 1.05. The van der Waals surface area contributed by atoms with E-state index in [2.05, 4.69) is 14.4 Å². The van der Waals surface area contributed by atoms with E-state index in [1.165, 1.54) is 12.5 Å². The monoisotopic (exact) mass is 280 g/mol. The van der Waals surface area contributed by atoms with Crippen molar-refractivity contribution in [3.05, 3.63) is 11.1 Å². The number of rotatable bonds is 7. The van der Waals surface area contributed by atoms with Crippen molar-refractivity contribution >= 4 is 32.5 Å². The lowest BCUT2D eigenvalue weighted by Crippen LogP contribution is -2.19. The van der Waals surface area contributed by atoms with E-state index < -0.39 is 16.0 Å². The number of aliphatic carboxylic acids is 1. The molecule has 0 aromatic carbocycles. The van der Waals surface area contributed by atoms with Crippen LogP contribution in [0, 0.1) is 0 Å². The third kappa shape index (κ3) is 5.11. The Labute approximate surface area is 102 Å². The van der Waals surface area contributed by atoms with E-state index in [1.54, 1.807) is 0 Å². The largest absolute Gasteiger partial charge is 0.481 e. The summed E-state index contributed by atoms with van der Waals surface area (Å²) < 4.78 is 29.8. The van der Waals surface area contributed by atoms with Crippen LogP contribution < -0.4 is 4.72 Å². The summed E-state index contributed by atoms with van der Waals surface area (Å²) in [4.78, 5) is 14.3. The van der Waals surface area contributed by atoms with Crippen molar-refractivity contribution in [1.82, 2.24) is 4.98 Å². The number of anilines is 1. The Morgan fingerprint density at radius 2 is 2.35 bits per heavy atom. The van der Waals surface area contributed by atoms with Gasteiger partial charge in [-0.3, -0.25) is 9.52 Å². The fourth-order valence-electron chi connectivity index (χ4n) is 0.967. The molecule has 1 rings (SSSR count). The number of aromatic nitrogens is 1. The van der Waals surface area contributed by atoms with Gasteiger partial charge in [0.1, 0.15) is 0 Å². The first-order valence-electron chi connectivity index (χ1n) is 4.58. The van der Waals surface area contributed by atoms with Crippen molar-refractivity contribution in [3.63, 3.8) is 0 Å². The van der Waals surface area contributed by atoms with Crippen molar-refractivity contribution in [2.75, 3.05) is 24.2 Å². The molecule has 0 bridgehead atoms. The number of hydrogen-bond acceptors (Lipinski definition) is 6. The summed E-state index contributed by atoms with van der Waals surface area (Å²) in [5.74, 6) is -1.18. The number of carbonyl (C=O) groups is 1. The maximum Gasteiger partial charge on any atom is 0.309 e. The highest BCUT2D eigenvalue weighted by atomic mass is 32.2. The topological polar surface area (TPSA) is 106 Å². The Balaban J connectivity index is 2.62. The minimum Gasteiger partial charge on any atom is -0.481 e. The van der Waals surface area contributed by atoms with Gasteiger partial charge >= 0.3 is 5.97 Å². The van der Waals surface area contributed by atoms with Crippen LogP contribution in [0.3, 0.4) is 0 Å². The van der Waals surface area contributed by atoms with E-state index in [0.29, 0.717) is 5.69 Å². The van der Waals surface area contributed by atoms with Gasteiger partial charge < -0.3 is 9.84 Å². The first-order chi connectivity index (χ1) is 7.93. The second-order valence-corrected chi connectivity index (χ2v) is 5.83. The number of ether oxygens (including phenoxy) is 1. The predicted molar refractivity (Wildman–Crippen MR) is 62.7 cm³/mol. The molecule has 0 aliphatic carbocycles. The van der Waals surface area contributed by atoms with Gasteiger partial charge in [-0.15, -0.1) is 11.3 Å². The molecule has 1 heterocycles. The second kappa shape index (κ2) is 5.94. The fraction of sp³-hybridized carbons (Fsp3) is 0.500. The van der Waals surface area contributed by atoms with Gasteiger partial charge in [0.25, 0.3) is 0 Å². The fourth-order valence-corrected chi connectivity index (χ4v) is 2.89. The number of carboxylic acid groups (broad SMARTS) is 1. The number of hydrogen-bond donors (Lipinski definition) is 2. The lowest BCUT2D eigenvalue weighted by molar-refractivity contribution is -0.136. The maximum absolute atomic E-state index is 11.4. The lowest BCUT2D eigenvalue weighted by atomic mass is 10.3. The van der Waals surface area contributed by atoms with Gasteiger partial charge in [-0.2, -0.15) is 0 Å². The molecule has 0 fully saturated rings. The minimum atomic E-state index is -3.49. The summed E-state index contributed by atoms with van der Waals surface area (Å²) in [6.07, 6.45) is -0.226. The Hall–Kier alpha value is -1.19. The molecule has 1 aromatic heterocycles. The average molecular weight is 280 g/mol. The van der Waals surface area contributed by atoms with Gasteiger partial charge in [0.05, 0.1) is 24.5 Å². The number of nitrogens with one attached hydrogen (secondary N) is 1. The summed E-state index contributed by atoms with van der Waals surface area (Å²) in [6.45, 7) is 0.0860. The molecule has 9 heteroatoms. The molecule has 17 heavy (non-hydrogen) atoms. The molecule has 96 valence electrons. The number of sulfonamides is 1. The third-order valence-electron chi connectivity index (χ3n) is 1.68. The van der Waals surface area contributed by atoms with Crippen LogP contribution in [0.2, 0.25) is 0 Å². The molecule has 0 radical (unpaired) electrons. The molecule has 0 unspecified atom stereocenters. The van der Waals surface area contributed by atoms with Crippen molar-refractivity contribution in [2.45, 2.75) is 6.42 Å². The number of nitrogens with zero attached hydrogens (tertiary/aromatic N) is 1. The Morgan fingerprint density at radius 3 is 2.94 bits per heavy atom.